The minimum absolute atomic E-state index is 0.146. The zero-order valence-electron chi connectivity index (χ0n) is 13.1. The Bertz CT molecular complexity index is 236. The van der Waals surface area contributed by atoms with Gasteiger partial charge in [0.2, 0.25) is 0 Å². The third-order valence-electron chi connectivity index (χ3n) is 3.95. The SMILES string of the molecule is CCC(CC)CN(CC)CCCCC(C)(C)C#N. The Hall–Kier alpha value is -0.550. The number of hydrogen-bond donors (Lipinski definition) is 0. The van der Waals surface area contributed by atoms with E-state index in [4.69, 9.17) is 5.26 Å². The van der Waals surface area contributed by atoms with Crippen molar-refractivity contribution in [3.05, 3.63) is 0 Å². The molecular weight excluding hydrogens is 220 g/mol. The summed E-state index contributed by atoms with van der Waals surface area (Å²) in [6.45, 7) is 14.5. The molecule has 2 heteroatoms. The Morgan fingerprint density at radius 3 is 2.17 bits per heavy atom. The average molecular weight is 252 g/mol. The van der Waals surface area contributed by atoms with Gasteiger partial charge in [-0.05, 0) is 45.7 Å². The molecule has 0 radical (unpaired) electrons. The molecule has 0 rings (SSSR count). The lowest BCUT2D eigenvalue weighted by Crippen LogP contribution is -2.30. The van der Waals surface area contributed by atoms with Gasteiger partial charge in [0.15, 0.2) is 0 Å². The normalized spacial score (nSPS) is 12.1. The van der Waals surface area contributed by atoms with E-state index in [1.165, 1.54) is 38.8 Å². The molecule has 0 bridgehead atoms. The Balaban J connectivity index is 3.85. The molecule has 0 saturated heterocycles. The number of nitrogens with zero attached hydrogens (tertiary/aromatic N) is 2. The summed E-state index contributed by atoms with van der Waals surface area (Å²) in [5, 5.41) is 8.97. The van der Waals surface area contributed by atoms with Crippen LogP contribution in [0.15, 0.2) is 0 Å². The van der Waals surface area contributed by atoms with E-state index >= 15 is 0 Å². The molecule has 0 fully saturated rings. The van der Waals surface area contributed by atoms with Crippen LogP contribution in [0.25, 0.3) is 0 Å². The van der Waals surface area contributed by atoms with E-state index in [0.717, 1.165) is 18.9 Å². The van der Waals surface area contributed by atoms with E-state index in [1.807, 2.05) is 13.8 Å². The molecule has 0 spiro atoms. The van der Waals surface area contributed by atoms with Crippen LogP contribution in [0.5, 0.6) is 0 Å². The smallest absolute Gasteiger partial charge is 0.0683 e. The van der Waals surface area contributed by atoms with E-state index in [2.05, 4.69) is 31.7 Å². The average Bonchev–Trinajstić information content (AvgIpc) is 2.38. The Morgan fingerprint density at radius 1 is 1.11 bits per heavy atom. The van der Waals surface area contributed by atoms with Crippen LogP contribution < -0.4 is 0 Å². The second-order valence-corrected chi connectivity index (χ2v) is 6.03. The zero-order chi connectivity index (χ0) is 14.0. The van der Waals surface area contributed by atoms with Crippen LogP contribution in [0.4, 0.5) is 0 Å². The summed E-state index contributed by atoms with van der Waals surface area (Å²) in [7, 11) is 0. The molecule has 0 atom stereocenters. The van der Waals surface area contributed by atoms with Gasteiger partial charge >= 0.3 is 0 Å². The van der Waals surface area contributed by atoms with Gasteiger partial charge in [-0.15, -0.1) is 0 Å². The number of unbranched alkanes of at least 4 members (excludes halogenated alkanes) is 1. The molecule has 0 heterocycles. The lowest BCUT2D eigenvalue weighted by atomic mass is 9.89. The Labute approximate surface area is 114 Å². The first-order valence-corrected chi connectivity index (χ1v) is 7.62. The molecule has 0 unspecified atom stereocenters. The van der Waals surface area contributed by atoms with Gasteiger partial charge in [-0.1, -0.05) is 40.0 Å². The fourth-order valence-electron chi connectivity index (χ4n) is 2.25. The molecule has 18 heavy (non-hydrogen) atoms. The summed E-state index contributed by atoms with van der Waals surface area (Å²) >= 11 is 0. The van der Waals surface area contributed by atoms with Gasteiger partial charge in [0, 0.05) is 6.54 Å². The topological polar surface area (TPSA) is 27.0 Å². The highest BCUT2D eigenvalue weighted by Gasteiger charge is 2.16. The molecule has 0 aromatic carbocycles. The highest BCUT2D eigenvalue weighted by Crippen LogP contribution is 2.21. The highest BCUT2D eigenvalue weighted by molar-refractivity contribution is 4.91. The summed E-state index contributed by atoms with van der Waals surface area (Å²) < 4.78 is 0. The summed E-state index contributed by atoms with van der Waals surface area (Å²) in [5.41, 5.74) is -0.146. The van der Waals surface area contributed by atoms with Gasteiger partial charge in [0.25, 0.3) is 0 Å². The predicted molar refractivity (Wildman–Crippen MR) is 79.4 cm³/mol. The second kappa shape index (κ2) is 9.39. The summed E-state index contributed by atoms with van der Waals surface area (Å²) in [5.74, 6) is 0.848. The van der Waals surface area contributed by atoms with Crippen molar-refractivity contribution >= 4 is 0 Å². The molecule has 0 aromatic rings. The minimum Gasteiger partial charge on any atom is -0.303 e. The van der Waals surface area contributed by atoms with Crippen molar-refractivity contribution in [2.75, 3.05) is 19.6 Å². The van der Waals surface area contributed by atoms with Crippen molar-refractivity contribution in [2.45, 2.75) is 66.7 Å². The molecule has 0 aliphatic heterocycles. The lowest BCUT2D eigenvalue weighted by molar-refractivity contribution is 0.226. The number of rotatable bonds is 10. The van der Waals surface area contributed by atoms with Crippen LogP contribution in [-0.4, -0.2) is 24.5 Å². The highest BCUT2D eigenvalue weighted by atomic mass is 15.1. The third kappa shape index (κ3) is 7.71. The molecule has 0 saturated carbocycles. The van der Waals surface area contributed by atoms with Crippen LogP contribution in [0.3, 0.4) is 0 Å². The van der Waals surface area contributed by atoms with Crippen molar-refractivity contribution in [2.24, 2.45) is 11.3 Å². The second-order valence-electron chi connectivity index (χ2n) is 6.03. The summed E-state index contributed by atoms with van der Waals surface area (Å²) in [6.07, 6.45) is 5.98. The Kier molecular flexibility index (Phi) is 9.10. The zero-order valence-corrected chi connectivity index (χ0v) is 13.1. The lowest BCUT2D eigenvalue weighted by Gasteiger charge is -2.25. The van der Waals surface area contributed by atoms with E-state index in [1.54, 1.807) is 0 Å². The van der Waals surface area contributed by atoms with Crippen LogP contribution >= 0.6 is 0 Å². The van der Waals surface area contributed by atoms with Crippen molar-refractivity contribution in [3.63, 3.8) is 0 Å². The molecular formula is C16H32N2. The summed E-state index contributed by atoms with van der Waals surface area (Å²) in [6, 6.07) is 2.38. The van der Waals surface area contributed by atoms with Gasteiger partial charge in [0.1, 0.15) is 0 Å². The quantitative estimate of drug-likeness (QED) is 0.537. The van der Waals surface area contributed by atoms with E-state index in [0.29, 0.717) is 0 Å². The van der Waals surface area contributed by atoms with Crippen molar-refractivity contribution in [1.82, 2.24) is 4.90 Å². The van der Waals surface area contributed by atoms with Gasteiger partial charge in [0.05, 0.1) is 11.5 Å². The first-order chi connectivity index (χ1) is 8.49. The van der Waals surface area contributed by atoms with Crippen molar-refractivity contribution in [3.8, 4) is 6.07 Å². The first-order valence-electron chi connectivity index (χ1n) is 7.62. The van der Waals surface area contributed by atoms with Crippen LogP contribution in [-0.2, 0) is 0 Å². The van der Waals surface area contributed by atoms with E-state index in [9.17, 15) is 0 Å². The first kappa shape index (κ1) is 17.4. The van der Waals surface area contributed by atoms with Gasteiger partial charge in [-0.25, -0.2) is 0 Å². The van der Waals surface area contributed by atoms with Crippen LogP contribution in [0.2, 0.25) is 0 Å². The van der Waals surface area contributed by atoms with Gasteiger partial charge in [-0.3, -0.25) is 0 Å². The molecule has 0 aliphatic carbocycles. The van der Waals surface area contributed by atoms with Crippen LogP contribution in [0, 0.1) is 22.7 Å². The molecule has 0 N–H and O–H groups in total. The molecule has 0 aromatic heterocycles. The monoisotopic (exact) mass is 252 g/mol. The molecule has 0 aliphatic rings. The maximum absolute atomic E-state index is 8.97. The van der Waals surface area contributed by atoms with Crippen LogP contribution in [0.1, 0.15) is 66.7 Å². The maximum Gasteiger partial charge on any atom is 0.0683 e. The molecule has 0 amide bonds. The van der Waals surface area contributed by atoms with E-state index in [-0.39, 0.29) is 5.41 Å². The van der Waals surface area contributed by atoms with Gasteiger partial charge < -0.3 is 4.90 Å². The number of nitriles is 1. The van der Waals surface area contributed by atoms with E-state index < -0.39 is 0 Å². The van der Waals surface area contributed by atoms with Crippen molar-refractivity contribution < 1.29 is 0 Å². The Morgan fingerprint density at radius 2 is 1.72 bits per heavy atom. The minimum atomic E-state index is -0.146. The fourth-order valence-corrected chi connectivity index (χ4v) is 2.25. The maximum atomic E-state index is 8.97. The predicted octanol–water partition coefficient (Wildman–Crippen LogP) is 4.46. The standard InChI is InChI=1S/C16H32N2/c1-6-15(7-2)13-18(8-3)12-10-9-11-16(4,5)14-17/h15H,6-13H2,1-5H3. The fraction of sp³-hybridized carbons (Fsp3) is 0.938. The molecule has 106 valence electrons. The third-order valence-corrected chi connectivity index (χ3v) is 3.95. The summed E-state index contributed by atoms with van der Waals surface area (Å²) in [4.78, 5) is 2.57. The van der Waals surface area contributed by atoms with Gasteiger partial charge in [-0.2, -0.15) is 5.26 Å². The largest absolute Gasteiger partial charge is 0.303 e. The van der Waals surface area contributed by atoms with Crippen molar-refractivity contribution in [1.29, 1.82) is 5.26 Å². The number of hydrogen-bond acceptors (Lipinski definition) is 2. The molecule has 2 nitrogen and oxygen atoms in total.